The fourth-order valence-electron chi connectivity index (χ4n) is 3.63. The second kappa shape index (κ2) is 11.0. The molecule has 0 bridgehead atoms. The average molecular weight is 451 g/mol. The number of aromatic nitrogens is 1. The molecule has 32 heavy (non-hydrogen) atoms. The van der Waals surface area contributed by atoms with E-state index in [-0.39, 0.29) is 6.61 Å². The summed E-state index contributed by atoms with van der Waals surface area (Å²) in [6.07, 6.45) is -0.510. The SMILES string of the molecule is O=C(Nc1ccc(-n2c3ccccc3c3ccccc32)cc1)OCCOCCOCCS. The summed E-state index contributed by atoms with van der Waals surface area (Å²) in [5.74, 6) is 0.683. The fourth-order valence-corrected chi connectivity index (χ4v) is 3.76. The van der Waals surface area contributed by atoms with Gasteiger partial charge in [-0.3, -0.25) is 5.32 Å². The molecule has 3 aromatic carbocycles. The Kier molecular flexibility index (Phi) is 7.66. The van der Waals surface area contributed by atoms with Crippen LogP contribution in [-0.2, 0) is 14.2 Å². The van der Waals surface area contributed by atoms with E-state index in [0.29, 0.717) is 37.9 Å². The van der Waals surface area contributed by atoms with Crippen LogP contribution in [0, 0.1) is 0 Å². The van der Waals surface area contributed by atoms with E-state index in [1.807, 2.05) is 36.4 Å². The molecule has 0 aliphatic carbocycles. The third-order valence-corrected chi connectivity index (χ3v) is 5.20. The van der Waals surface area contributed by atoms with Crippen molar-refractivity contribution in [1.82, 2.24) is 4.57 Å². The third kappa shape index (κ3) is 5.24. The number of thiol groups is 1. The van der Waals surface area contributed by atoms with Crippen LogP contribution in [0.3, 0.4) is 0 Å². The second-order valence-corrected chi connectivity index (χ2v) is 7.57. The van der Waals surface area contributed by atoms with E-state index in [9.17, 15) is 4.79 Å². The van der Waals surface area contributed by atoms with Crippen LogP contribution in [0.1, 0.15) is 0 Å². The van der Waals surface area contributed by atoms with E-state index in [2.05, 4.69) is 58.9 Å². The van der Waals surface area contributed by atoms with Crippen molar-refractivity contribution in [2.45, 2.75) is 0 Å². The zero-order valence-electron chi connectivity index (χ0n) is 17.7. The molecule has 4 aromatic rings. The highest BCUT2D eigenvalue weighted by atomic mass is 32.1. The maximum atomic E-state index is 12.0. The van der Waals surface area contributed by atoms with E-state index in [1.54, 1.807) is 0 Å². The molecule has 0 spiro atoms. The van der Waals surface area contributed by atoms with E-state index < -0.39 is 6.09 Å². The molecule has 0 saturated heterocycles. The van der Waals surface area contributed by atoms with Gasteiger partial charge in [-0.1, -0.05) is 36.4 Å². The number of hydrogen-bond donors (Lipinski definition) is 2. The van der Waals surface area contributed by atoms with Gasteiger partial charge >= 0.3 is 6.09 Å². The topological polar surface area (TPSA) is 61.7 Å². The summed E-state index contributed by atoms with van der Waals surface area (Å²) in [4.78, 5) is 12.0. The Morgan fingerprint density at radius 2 is 1.31 bits per heavy atom. The predicted molar refractivity (Wildman–Crippen MR) is 131 cm³/mol. The van der Waals surface area contributed by atoms with Crippen molar-refractivity contribution in [2.75, 3.05) is 44.1 Å². The molecule has 0 fully saturated rings. The minimum absolute atomic E-state index is 0.178. The Morgan fingerprint density at radius 1 is 0.750 bits per heavy atom. The van der Waals surface area contributed by atoms with Crippen molar-refractivity contribution < 1.29 is 19.0 Å². The number of para-hydroxylation sites is 2. The lowest BCUT2D eigenvalue weighted by molar-refractivity contribution is 0.0340. The van der Waals surface area contributed by atoms with E-state index in [4.69, 9.17) is 14.2 Å². The highest BCUT2D eigenvalue weighted by molar-refractivity contribution is 7.80. The molecular formula is C25H26N2O4S. The standard InChI is InChI=1S/C25H26N2O4S/c28-25(31-16-15-29-13-14-30-17-18-32)26-19-9-11-20(12-10-19)27-23-7-3-1-5-21(23)22-6-2-4-8-24(22)27/h1-12,32H,13-18H2,(H,26,28). The number of anilines is 1. The molecule has 0 aliphatic rings. The summed E-state index contributed by atoms with van der Waals surface area (Å²) in [6.45, 7) is 2.07. The van der Waals surface area contributed by atoms with Crippen LogP contribution < -0.4 is 5.32 Å². The predicted octanol–water partition coefficient (Wildman–Crippen LogP) is 5.30. The van der Waals surface area contributed by atoms with Crippen LogP contribution >= 0.6 is 12.6 Å². The van der Waals surface area contributed by atoms with Gasteiger partial charge in [0.25, 0.3) is 0 Å². The lowest BCUT2D eigenvalue weighted by Crippen LogP contribution is -2.17. The van der Waals surface area contributed by atoms with E-state index in [1.165, 1.54) is 10.8 Å². The van der Waals surface area contributed by atoms with Crippen molar-refractivity contribution in [3.05, 3.63) is 72.8 Å². The zero-order valence-corrected chi connectivity index (χ0v) is 18.6. The Bertz CT molecular complexity index is 1120. The Morgan fingerprint density at radius 3 is 1.94 bits per heavy atom. The Hall–Kier alpha value is -3.00. The first-order chi connectivity index (χ1) is 15.8. The van der Waals surface area contributed by atoms with Crippen LogP contribution in [0.5, 0.6) is 0 Å². The summed E-state index contributed by atoms with van der Waals surface area (Å²) >= 11 is 4.06. The maximum Gasteiger partial charge on any atom is 0.411 e. The molecule has 6 nitrogen and oxygen atoms in total. The van der Waals surface area contributed by atoms with Gasteiger partial charge in [0, 0.05) is 27.9 Å². The minimum Gasteiger partial charge on any atom is -0.447 e. The summed E-state index contributed by atoms with van der Waals surface area (Å²) in [5.41, 5.74) is 3.98. The monoisotopic (exact) mass is 450 g/mol. The molecule has 4 rings (SSSR count). The van der Waals surface area contributed by atoms with Gasteiger partial charge in [-0.05, 0) is 36.4 Å². The van der Waals surface area contributed by atoms with Gasteiger partial charge < -0.3 is 18.8 Å². The first-order valence-corrected chi connectivity index (χ1v) is 11.2. The van der Waals surface area contributed by atoms with Crippen LogP contribution in [0.15, 0.2) is 72.8 Å². The summed E-state index contributed by atoms with van der Waals surface area (Å²) in [6, 6.07) is 24.4. The number of amides is 1. The van der Waals surface area contributed by atoms with Gasteiger partial charge in [0.1, 0.15) is 6.61 Å². The molecule has 7 heteroatoms. The fraction of sp³-hybridized carbons (Fsp3) is 0.240. The van der Waals surface area contributed by atoms with Gasteiger partial charge in [-0.15, -0.1) is 0 Å². The Balaban J connectivity index is 1.35. The summed E-state index contributed by atoms with van der Waals surface area (Å²) in [5, 5.41) is 5.17. The molecule has 0 atom stereocenters. The van der Waals surface area contributed by atoms with E-state index >= 15 is 0 Å². The second-order valence-electron chi connectivity index (χ2n) is 7.13. The van der Waals surface area contributed by atoms with Gasteiger partial charge in [0.2, 0.25) is 0 Å². The number of ether oxygens (including phenoxy) is 3. The molecule has 0 radical (unpaired) electrons. The van der Waals surface area contributed by atoms with Gasteiger partial charge in [0.05, 0.1) is 37.5 Å². The molecule has 166 valence electrons. The molecule has 1 heterocycles. The smallest absolute Gasteiger partial charge is 0.411 e. The number of nitrogens with zero attached hydrogens (tertiary/aromatic N) is 1. The molecule has 1 N–H and O–H groups in total. The third-order valence-electron chi connectivity index (χ3n) is 5.02. The molecule has 0 saturated carbocycles. The normalized spacial score (nSPS) is 11.2. The van der Waals surface area contributed by atoms with Gasteiger partial charge in [-0.25, -0.2) is 4.79 Å². The van der Waals surface area contributed by atoms with Gasteiger partial charge in [-0.2, -0.15) is 12.6 Å². The minimum atomic E-state index is -0.510. The zero-order chi connectivity index (χ0) is 22.2. The number of nitrogens with one attached hydrogen (secondary N) is 1. The number of benzene rings is 3. The maximum absolute atomic E-state index is 12.0. The van der Waals surface area contributed by atoms with Crippen molar-refractivity contribution in [3.8, 4) is 5.69 Å². The number of carbonyl (C=O) groups excluding carboxylic acids is 1. The van der Waals surface area contributed by atoms with Crippen LogP contribution in [0.2, 0.25) is 0 Å². The average Bonchev–Trinajstić information content (AvgIpc) is 3.16. The number of rotatable bonds is 10. The molecule has 1 aromatic heterocycles. The van der Waals surface area contributed by atoms with Crippen molar-refractivity contribution >= 4 is 46.2 Å². The number of carbonyl (C=O) groups is 1. The largest absolute Gasteiger partial charge is 0.447 e. The van der Waals surface area contributed by atoms with Crippen molar-refractivity contribution in [1.29, 1.82) is 0 Å². The summed E-state index contributed by atoms with van der Waals surface area (Å²) in [7, 11) is 0. The molecule has 1 amide bonds. The molecule has 0 aliphatic heterocycles. The Labute approximate surface area is 192 Å². The van der Waals surface area contributed by atoms with Crippen LogP contribution in [0.4, 0.5) is 10.5 Å². The van der Waals surface area contributed by atoms with E-state index in [0.717, 1.165) is 16.7 Å². The first kappa shape index (κ1) is 22.2. The molecule has 0 unspecified atom stereocenters. The highest BCUT2D eigenvalue weighted by Crippen LogP contribution is 2.31. The number of hydrogen-bond acceptors (Lipinski definition) is 5. The quantitative estimate of drug-likeness (QED) is 0.254. The van der Waals surface area contributed by atoms with Crippen molar-refractivity contribution in [2.24, 2.45) is 0 Å². The van der Waals surface area contributed by atoms with Gasteiger partial charge in [0.15, 0.2) is 0 Å². The first-order valence-electron chi connectivity index (χ1n) is 10.6. The highest BCUT2D eigenvalue weighted by Gasteiger charge is 2.11. The lowest BCUT2D eigenvalue weighted by atomic mass is 10.2. The lowest BCUT2D eigenvalue weighted by Gasteiger charge is -2.10. The van der Waals surface area contributed by atoms with Crippen LogP contribution in [0.25, 0.3) is 27.5 Å². The molecular weight excluding hydrogens is 424 g/mol. The number of fused-ring (bicyclic) bond motifs is 3. The van der Waals surface area contributed by atoms with Crippen LogP contribution in [-0.4, -0.2) is 49.4 Å². The van der Waals surface area contributed by atoms with Crippen molar-refractivity contribution in [3.63, 3.8) is 0 Å². The summed E-state index contributed by atoms with van der Waals surface area (Å²) < 4.78 is 18.0.